The smallest absolute Gasteiger partial charge is 0.258 e. The zero-order valence-corrected chi connectivity index (χ0v) is 19.7. The van der Waals surface area contributed by atoms with Crippen LogP contribution in [0.3, 0.4) is 0 Å². The van der Waals surface area contributed by atoms with Gasteiger partial charge in [0.15, 0.2) is 0 Å². The molecule has 4 rings (SSSR count). The number of unbranched alkanes of at least 4 members (excludes halogenated alkanes) is 1. The van der Waals surface area contributed by atoms with Crippen LogP contribution in [0.2, 0.25) is 0 Å². The molecule has 3 aromatic carbocycles. The van der Waals surface area contributed by atoms with Gasteiger partial charge in [-0.05, 0) is 55.0 Å². The molecule has 9 heteroatoms. The molecule has 0 unspecified atom stereocenters. The number of nitrogens with zero attached hydrogens (tertiary/aromatic N) is 2. The summed E-state index contributed by atoms with van der Waals surface area (Å²) in [7, 11) is -3.58. The molecule has 0 radical (unpaired) electrons. The first-order valence-corrected chi connectivity index (χ1v) is 12.4. The van der Waals surface area contributed by atoms with E-state index in [0.717, 1.165) is 12.8 Å². The van der Waals surface area contributed by atoms with Crippen LogP contribution in [-0.4, -0.2) is 20.2 Å². The predicted octanol–water partition coefficient (Wildman–Crippen LogP) is 3.70. The summed E-state index contributed by atoms with van der Waals surface area (Å²) in [6.07, 6.45) is 2.43. The lowest BCUT2D eigenvalue weighted by Crippen LogP contribution is -2.41. The minimum Gasteiger partial charge on any atom is -0.399 e. The van der Waals surface area contributed by atoms with Gasteiger partial charge >= 0.3 is 0 Å². The van der Waals surface area contributed by atoms with E-state index in [-0.39, 0.29) is 16.7 Å². The molecule has 4 N–H and O–H groups in total. The number of nitrogens with two attached hydrogens (primary N) is 2. The lowest BCUT2D eigenvalue weighted by molar-refractivity contribution is -0.127. The minimum atomic E-state index is -3.58. The van der Waals surface area contributed by atoms with Gasteiger partial charge in [-0.1, -0.05) is 56.2 Å². The third-order valence-electron chi connectivity index (χ3n) is 5.27. The van der Waals surface area contributed by atoms with Crippen LogP contribution in [0.4, 0.5) is 17.1 Å². The SMILES string of the molecule is CCCCC1C(=O)N(c2ccccc2)N(c2ccccc2)C1=O.Nc1ccc(S(N)(=O)=O)cc1. The molecule has 1 heterocycles. The first-order chi connectivity index (χ1) is 16.2. The number of benzene rings is 3. The van der Waals surface area contributed by atoms with Crippen molar-refractivity contribution in [3.8, 4) is 0 Å². The normalized spacial score (nSPS) is 14.2. The summed E-state index contributed by atoms with van der Waals surface area (Å²) in [4.78, 5) is 25.8. The minimum absolute atomic E-state index is 0.0756. The molecule has 0 bridgehead atoms. The first-order valence-electron chi connectivity index (χ1n) is 10.9. The highest BCUT2D eigenvalue weighted by Gasteiger charge is 2.46. The number of primary sulfonamides is 1. The Bertz CT molecular complexity index is 1160. The number of hydrazine groups is 1. The lowest BCUT2D eigenvalue weighted by Gasteiger charge is -2.27. The van der Waals surface area contributed by atoms with Gasteiger partial charge in [-0.15, -0.1) is 0 Å². The van der Waals surface area contributed by atoms with Crippen LogP contribution in [0, 0.1) is 5.92 Å². The maximum atomic E-state index is 12.9. The van der Waals surface area contributed by atoms with Gasteiger partial charge in [0.25, 0.3) is 11.8 Å². The summed E-state index contributed by atoms with van der Waals surface area (Å²) in [5, 5.41) is 7.86. The predicted molar refractivity (Wildman–Crippen MR) is 133 cm³/mol. The number of carbonyl (C=O) groups excluding carboxylic acids is 2. The molecule has 8 nitrogen and oxygen atoms in total. The Morgan fingerprint density at radius 2 is 1.21 bits per heavy atom. The van der Waals surface area contributed by atoms with Gasteiger partial charge in [0.1, 0.15) is 5.92 Å². The maximum Gasteiger partial charge on any atom is 0.258 e. The number of hydrogen-bond donors (Lipinski definition) is 2. The van der Waals surface area contributed by atoms with Gasteiger partial charge in [0.2, 0.25) is 10.0 Å². The number of carbonyl (C=O) groups is 2. The monoisotopic (exact) mass is 480 g/mol. The van der Waals surface area contributed by atoms with E-state index in [9.17, 15) is 18.0 Å². The molecule has 0 saturated carbocycles. The van der Waals surface area contributed by atoms with Crippen LogP contribution in [0.25, 0.3) is 0 Å². The van der Waals surface area contributed by atoms with Gasteiger partial charge in [-0.3, -0.25) is 9.59 Å². The zero-order chi connectivity index (χ0) is 24.7. The fourth-order valence-corrected chi connectivity index (χ4v) is 4.05. The van der Waals surface area contributed by atoms with E-state index in [1.807, 2.05) is 60.7 Å². The van der Waals surface area contributed by atoms with E-state index in [2.05, 4.69) is 6.92 Å². The van der Waals surface area contributed by atoms with Crippen molar-refractivity contribution in [2.45, 2.75) is 31.1 Å². The largest absolute Gasteiger partial charge is 0.399 e. The van der Waals surface area contributed by atoms with Crippen molar-refractivity contribution >= 4 is 38.9 Å². The van der Waals surface area contributed by atoms with Gasteiger partial charge in [-0.2, -0.15) is 0 Å². The number of nitrogen functional groups attached to an aromatic ring is 1. The Hall–Kier alpha value is -3.69. The average molecular weight is 481 g/mol. The third kappa shape index (κ3) is 5.81. The van der Waals surface area contributed by atoms with Crippen LogP contribution < -0.4 is 20.9 Å². The summed E-state index contributed by atoms with van der Waals surface area (Å²) in [5.74, 6) is -0.868. The van der Waals surface area contributed by atoms with E-state index in [1.165, 1.54) is 34.3 Å². The van der Waals surface area contributed by atoms with Crippen LogP contribution >= 0.6 is 0 Å². The Balaban J connectivity index is 0.000000248. The maximum absolute atomic E-state index is 12.9. The number of amides is 2. The van der Waals surface area contributed by atoms with E-state index in [4.69, 9.17) is 10.9 Å². The molecular formula is C25H28N4O4S. The Kier molecular flexibility index (Phi) is 8.04. The van der Waals surface area contributed by atoms with Crippen LogP contribution in [0.5, 0.6) is 0 Å². The molecule has 1 aliphatic rings. The first kappa shape index (κ1) is 24.9. The lowest BCUT2D eigenvalue weighted by atomic mass is 10.0. The molecule has 0 atom stereocenters. The zero-order valence-electron chi connectivity index (χ0n) is 18.9. The molecule has 0 spiro atoms. The second-order valence-corrected chi connectivity index (χ2v) is 9.34. The highest BCUT2D eigenvalue weighted by atomic mass is 32.2. The molecule has 1 aliphatic heterocycles. The molecule has 1 saturated heterocycles. The Labute approximate surface area is 199 Å². The number of anilines is 3. The molecule has 3 aromatic rings. The summed E-state index contributed by atoms with van der Waals surface area (Å²) in [6.45, 7) is 2.06. The highest BCUT2D eigenvalue weighted by Crippen LogP contribution is 2.33. The van der Waals surface area contributed by atoms with E-state index in [1.54, 1.807) is 0 Å². The summed E-state index contributed by atoms with van der Waals surface area (Å²) < 4.78 is 21.4. The topological polar surface area (TPSA) is 127 Å². The highest BCUT2D eigenvalue weighted by molar-refractivity contribution is 7.89. The van der Waals surface area contributed by atoms with Crippen LogP contribution in [-0.2, 0) is 19.6 Å². The van der Waals surface area contributed by atoms with Crippen molar-refractivity contribution in [3.63, 3.8) is 0 Å². The van der Waals surface area contributed by atoms with E-state index < -0.39 is 15.9 Å². The number of hydrogen-bond acceptors (Lipinski definition) is 5. The molecule has 178 valence electrons. The second-order valence-electron chi connectivity index (χ2n) is 7.78. The van der Waals surface area contributed by atoms with Crippen molar-refractivity contribution in [1.29, 1.82) is 0 Å². The number of para-hydroxylation sites is 2. The molecule has 1 fully saturated rings. The van der Waals surface area contributed by atoms with Gasteiger partial charge in [0, 0.05) is 5.69 Å². The second kappa shape index (κ2) is 11.0. The van der Waals surface area contributed by atoms with E-state index in [0.29, 0.717) is 23.5 Å². The number of sulfonamides is 1. The molecule has 2 amide bonds. The third-order valence-corrected chi connectivity index (χ3v) is 6.20. The molecular weight excluding hydrogens is 452 g/mol. The summed E-state index contributed by atoms with van der Waals surface area (Å²) in [5.41, 5.74) is 7.28. The molecule has 0 aromatic heterocycles. The van der Waals surface area contributed by atoms with Crippen molar-refractivity contribution in [2.24, 2.45) is 11.1 Å². The van der Waals surface area contributed by atoms with Gasteiger partial charge in [-0.25, -0.2) is 23.6 Å². The molecule has 0 aliphatic carbocycles. The standard InChI is InChI=1S/C19H20N2O2.C6H8N2O2S/c1-2-3-14-17-18(22)20(15-10-6-4-7-11-15)21(19(17)23)16-12-8-5-9-13-16;7-5-1-3-6(4-2-5)11(8,9)10/h4-13,17H,2-3,14H2,1H3;1-4H,7H2,(H2,8,9,10). The quantitative estimate of drug-likeness (QED) is 0.411. The summed E-state index contributed by atoms with van der Waals surface area (Å²) in [6, 6.07) is 24.4. The number of rotatable bonds is 6. The molecule has 34 heavy (non-hydrogen) atoms. The van der Waals surface area contributed by atoms with Crippen molar-refractivity contribution < 1.29 is 18.0 Å². The van der Waals surface area contributed by atoms with E-state index >= 15 is 0 Å². The van der Waals surface area contributed by atoms with Gasteiger partial charge < -0.3 is 5.73 Å². The Morgan fingerprint density at radius 3 is 1.59 bits per heavy atom. The van der Waals surface area contributed by atoms with Crippen LogP contribution in [0.1, 0.15) is 26.2 Å². The van der Waals surface area contributed by atoms with Crippen molar-refractivity contribution in [3.05, 3.63) is 84.9 Å². The fraction of sp³-hybridized carbons (Fsp3) is 0.200. The average Bonchev–Trinajstić information content (AvgIpc) is 3.08. The van der Waals surface area contributed by atoms with Gasteiger partial charge in [0.05, 0.1) is 16.3 Å². The fourth-order valence-electron chi connectivity index (χ4n) is 3.53. The van der Waals surface area contributed by atoms with Crippen molar-refractivity contribution in [1.82, 2.24) is 0 Å². The van der Waals surface area contributed by atoms with Crippen molar-refractivity contribution in [2.75, 3.05) is 15.8 Å². The summed E-state index contributed by atoms with van der Waals surface area (Å²) >= 11 is 0. The van der Waals surface area contributed by atoms with Crippen LogP contribution in [0.15, 0.2) is 89.8 Å². The Morgan fingerprint density at radius 1 is 0.765 bits per heavy atom.